The third kappa shape index (κ3) is 4.30. The van der Waals surface area contributed by atoms with Crippen LogP contribution in [-0.2, 0) is 4.39 Å². The Hall–Kier alpha value is -0.600. The van der Waals surface area contributed by atoms with Crippen molar-refractivity contribution < 1.29 is 28.6 Å². The highest BCUT2D eigenvalue weighted by atomic mass is 35.7. The van der Waals surface area contributed by atoms with Gasteiger partial charge in [-0.3, -0.25) is 5.41 Å². The number of nitrogens with zero attached hydrogens (tertiary/aromatic N) is 1. The van der Waals surface area contributed by atoms with Gasteiger partial charge in [-0.2, -0.15) is 14.0 Å². The van der Waals surface area contributed by atoms with E-state index in [0.717, 1.165) is 7.05 Å². The summed E-state index contributed by atoms with van der Waals surface area (Å²) in [6.45, 7) is 0. The number of hydrogen-bond acceptors (Lipinski definition) is 5. The molecule has 0 amide bonds. The molecule has 0 saturated heterocycles. The Morgan fingerprint density at radius 2 is 2.00 bits per heavy atom. The molecule has 60 valence electrons. The standard InChI is InChI=1S/C2H6ClN3O4/c1-6(2(4)5)10-3(7,8)9/h1H3,(H3,4,5). The summed E-state index contributed by atoms with van der Waals surface area (Å²) < 4.78 is 32.8. The lowest BCUT2D eigenvalue weighted by Gasteiger charge is -2.15. The zero-order chi connectivity index (χ0) is 8.36. The van der Waals surface area contributed by atoms with Gasteiger partial charge in [-0.1, -0.05) is 5.06 Å². The lowest BCUT2D eigenvalue weighted by molar-refractivity contribution is -1.92. The maximum atomic E-state index is 9.75. The van der Waals surface area contributed by atoms with Gasteiger partial charge in [0.25, 0.3) is 0 Å². The van der Waals surface area contributed by atoms with Crippen molar-refractivity contribution in [1.29, 1.82) is 5.41 Å². The van der Waals surface area contributed by atoms with Gasteiger partial charge in [0.1, 0.15) is 10.2 Å². The Morgan fingerprint density at radius 1 is 1.60 bits per heavy atom. The molecular weight excluding hydrogens is 165 g/mol. The summed E-state index contributed by atoms with van der Waals surface area (Å²) >= 11 is 0. The van der Waals surface area contributed by atoms with Gasteiger partial charge in [0.15, 0.2) is 0 Å². The highest BCUT2D eigenvalue weighted by molar-refractivity contribution is 5.72. The van der Waals surface area contributed by atoms with Crippen LogP contribution in [0.3, 0.4) is 0 Å². The van der Waals surface area contributed by atoms with Crippen molar-refractivity contribution in [2.75, 3.05) is 7.05 Å². The van der Waals surface area contributed by atoms with Crippen LogP contribution in [0.4, 0.5) is 0 Å². The van der Waals surface area contributed by atoms with E-state index in [-0.39, 0.29) is 0 Å². The Bertz CT molecular complexity index is 133. The van der Waals surface area contributed by atoms with Crippen LogP contribution in [0.2, 0.25) is 0 Å². The molecule has 0 unspecified atom stereocenters. The van der Waals surface area contributed by atoms with E-state index in [4.69, 9.17) is 11.1 Å². The molecule has 8 heteroatoms. The molecule has 0 fully saturated rings. The number of hydrogen-bond donors (Lipinski definition) is 2. The van der Waals surface area contributed by atoms with Gasteiger partial charge in [0, 0.05) is 0 Å². The largest absolute Gasteiger partial charge is 0.368 e. The highest BCUT2D eigenvalue weighted by Crippen LogP contribution is 1.91. The fourth-order valence-corrected chi connectivity index (χ4v) is 0.492. The molecule has 0 spiro atoms. The monoisotopic (exact) mass is 171 g/mol. The predicted octanol–water partition coefficient (Wildman–Crippen LogP) is -4.36. The molecule has 0 radical (unpaired) electrons. The first-order valence-corrected chi connectivity index (χ1v) is 3.24. The van der Waals surface area contributed by atoms with Gasteiger partial charge < -0.3 is 5.73 Å². The van der Waals surface area contributed by atoms with Crippen LogP contribution in [0.25, 0.3) is 0 Å². The first-order valence-electron chi connectivity index (χ1n) is 2.01. The van der Waals surface area contributed by atoms with E-state index in [1.165, 1.54) is 0 Å². The lowest BCUT2D eigenvalue weighted by atomic mass is 11.0. The molecule has 7 nitrogen and oxygen atoms in total. The second-order valence-corrected chi connectivity index (χ2v) is 2.22. The molecule has 0 aliphatic heterocycles. The third-order valence-electron chi connectivity index (χ3n) is 0.527. The summed E-state index contributed by atoms with van der Waals surface area (Å²) in [5.74, 6) is -0.674. The van der Waals surface area contributed by atoms with E-state index in [1.807, 2.05) is 0 Å². The number of nitrogens with two attached hydrogens (primary N) is 1. The normalized spacial score (nSPS) is 11.2. The predicted molar refractivity (Wildman–Crippen MR) is 20.8 cm³/mol. The van der Waals surface area contributed by atoms with Gasteiger partial charge in [0.2, 0.25) is 10.3 Å². The quantitative estimate of drug-likeness (QED) is 0.245. The van der Waals surface area contributed by atoms with E-state index in [2.05, 4.69) is 4.39 Å². The summed E-state index contributed by atoms with van der Waals surface area (Å²) in [6.07, 6.45) is 0. The van der Waals surface area contributed by atoms with Crippen LogP contribution in [0.1, 0.15) is 0 Å². The van der Waals surface area contributed by atoms with E-state index in [0.29, 0.717) is 5.06 Å². The molecule has 0 saturated carbocycles. The zero-order valence-electron chi connectivity index (χ0n) is 5.04. The van der Waals surface area contributed by atoms with Crippen molar-refractivity contribution >= 4 is 5.96 Å². The van der Waals surface area contributed by atoms with Gasteiger partial charge in [-0.25, -0.2) is 0 Å². The number of guanidine groups is 1. The van der Waals surface area contributed by atoms with Crippen LogP contribution in [-0.4, -0.2) is 18.1 Å². The number of nitrogens with one attached hydrogen (secondary N) is 1. The smallest absolute Gasteiger partial charge is 0.226 e. The van der Waals surface area contributed by atoms with Crippen molar-refractivity contribution in [1.82, 2.24) is 5.06 Å². The summed E-state index contributed by atoms with van der Waals surface area (Å²) in [7, 11) is -3.54. The molecule has 0 atom stereocenters. The van der Waals surface area contributed by atoms with Crippen molar-refractivity contribution in [3.8, 4) is 0 Å². The van der Waals surface area contributed by atoms with Crippen LogP contribution in [0.5, 0.6) is 0 Å². The minimum atomic E-state index is -4.56. The molecule has 0 aromatic rings. The second kappa shape index (κ2) is 2.99. The number of halogens is 1. The number of hydroxylamine groups is 2. The third-order valence-corrected chi connectivity index (χ3v) is 0.903. The van der Waals surface area contributed by atoms with E-state index in [9.17, 15) is 14.0 Å². The molecule has 0 aromatic carbocycles. The molecule has 3 N–H and O–H groups in total. The average Bonchev–Trinajstić information content (AvgIpc) is 1.60. The average molecular weight is 172 g/mol. The first kappa shape index (κ1) is 9.40. The molecule has 0 bridgehead atoms. The topological polar surface area (TPSA) is 132 Å². The van der Waals surface area contributed by atoms with Gasteiger partial charge in [-0.15, -0.1) is 0 Å². The summed E-state index contributed by atoms with van der Waals surface area (Å²) in [5.41, 5.74) is 4.72. The number of rotatable bonds is 2. The lowest BCUT2D eigenvalue weighted by Crippen LogP contribution is -2.63. The Balaban J connectivity index is 3.80. The maximum absolute atomic E-state index is 9.75. The minimum Gasteiger partial charge on any atom is -0.368 e. The summed E-state index contributed by atoms with van der Waals surface area (Å²) in [5, 5.41) is 6.87. The molecule has 0 aromatic heterocycles. The van der Waals surface area contributed by atoms with Crippen LogP contribution in [0, 0.1) is 15.7 Å². The molecule has 0 aliphatic carbocycles. The summed E-state index contributed by atoms with van der Waals surface area (Å²) in [6, 6.07) is 0. The van der Waals surface area contributed by atoms with E-state index in [1.54, 1.807) is 0 Å². The van der Waals surface area contributed by atoms with E-state index >= 15 is 0 Å². The Morgan fingerprint density at radius 3 is 2.10 bits per heavy atom. The van der Waals surface area contributed by atoms with Crippen molar-refractivity contribution in [3.63, 3.8) is 0 Å². The van der Waals surface area contributed by atoms with Crippen molar-refractivity contribution in [2.45, 2.75) is 0 Å². The van der Waals surface area contributed by atoms with Crippen LogP contribution >= 0.6 is 0 Å². The minimum absolute atomic E-state index is 0.323. The Kier molecular flexibility index (Phi) is 2.81. The van der Waals surface area contributed by atoms with Crippen LogP contribution < -0.4 is 19.7 Å². The fourth-order valence-electron chi connectivity index (χ4n) is 0.164. The molecule has 10 heavy (non-hydrogen) atoms. The molecular formula is C2H6ClN3O4. The van der Waals surface area contributed by atoms with Crippen molar-refractivity contribution in [2.24, 2.45) is 5.73 Å². The Labute approximate surface area is 58.8 Å². The molecule has 0 rings (SSSR count). The SMILES string of the molecule is CN(O[Cl+3]([O-])([O-])[O-])C(=N)N. The maximum Gasteiger partial charge on any atom is 0.226 e. The summed E-state index contributed by atoms with van der Waals surface area (Å²) in [4.78, 5) is 0. The fraction of sp³-hybridized carbons (Fsp3) is 0.500. The molecule has 0 aliphatic rings. The molecule has 0 heterocycles. The van der Waals surface area contributed by atoms with Gasteiger partial charge in [-0.05, 0) is 0 Å². The van der Waals surface area contributed by atoms with Gasteiger partial charge >= 0.3 is 0 Å². The zero-order valence-corrected chi connectivity index (χ0v) is 5.79. The van der Waals surface area contributed by atoms with Crippen molar-refractivity contribution in [3.05, 3.63) is 0 Å². The second-order valence-electron chi connectivity index (χ2n) is 1.33. The van der Waals surface area contributed by atoms with Gasteiger partial charge in [0.05, 0.1) is 7.05 Å². The highest BCUT2D eigenvalue weighted by Gasteiger charge is 2.23. The van der Waals surface area contributed by atoms with E-state index < -0.39 is 16.2 Å². The first-order chi connectivity index (χ1) is 4.33. The van der Waals surface area contributed by atoms with Crippen LogP contribution in [0.15, 0.2) is 0 Å².